The number of methoxy groups -OCH3 is 2. The molecule has 10 nitrogen and oxygen atoms in total. The van der Waals surface area contributed by atoms with Gasteiger partial charge in [0.05, 0.1) is 37.1 Å². The topological polar surface area (TPSA) is 137 Å². The number of carboxylic acid groups (broad SMARTS) is 2. The number of rotatable bonds is 12. The summed E-state index contributed by atoms with van der Waals surface area (Å²) in [5, 5.41) is 21.8. The van der Waals surface area contributed by atoms with E-state index in [1.54, 1.807) is 6.92 Å². The largest absolute Gasteiger partial charge is 0.494 e. The number of ether oxygens (including phenoxy) is 2. The minimum Gasteiger partial charge on any atom is -0.494 e. The van der Waals surface area contributed by atoms with E-state index in [0.29, 0.717) is 0 Å². The van der Waals surface area contributed by atoms with Crippen molar-refractivity contribution in [1.29, 1.82) is 0 Å². The average molecular weight is 773 g/mol. The number of aliphatic carboxylic acids is 2. The molecule has 0 fully saturated rings. The quantitative estimate of drug-likeness (QED) is 0.118. The van der Waals surface area contributed by atoms with E-state index in [-0.39, 0.29) is 79.8 Å². The molecule has 0 bridgehead atoms. The Bertz CT molecular complexity index is 2540. The molecule has 0 radical (unpaired) electrons. The van der Waals surface area contributed by atoms with Crippen LogP contribution in [0, 0.1) is 43.0 Å². The van der Waals surface area contributed by atoms with Crippen LogP contribution in [0.2, 0.25) is 0 Å². The highest BCUT2D eigenvalue weighted by molar-refractivity contribution is 6.06. The summed E-state index contributed by atoms with van der Waals surface area (Å²) in [5.74, 6) is -10.7. The van der Waals surface area contributed by atoms with Crippen LogP contribution in [0.3, 0.4) is 0 Å². The molecule has 6 rings (SSSR count). The minimum absolute atomic E-state index is 0.0271. The molecular weight excluding hydrogens is 736 g/mol. The van der Waals surface area contributed by atoms with Crippen LogP contribution >= 0.6 is 0 Å². The third kappa shape index (κ3) is 6.86. The van der Waals surface area contributed by atoms with Gasteiger partial charge in [0.15, 0.2) is 23.1 Å². The molecule has 0 aliphatic carbocycles. The van der Waals surface area contributed by atoms with Crippen molar-refractivity contribution < 1.29 is 56.4 Å². The first-order valence-electron chi connectivity index (χ1n) is 17.4. The fourth-order valence-corrected chi connectivity index (χ4v) is 7.63. The molecule has 290 valence electrons. The highest BCUT2D eigenvalue weighted by Gasteiger charge is 2.36. The van der Waals surface area contributed by atoms with Gasteiger partial charge in [0.2, 0.25) is 0 Å². The Morgan fingerprint density at radius 2 is 1.04 bits per heavy atom. The second kappa shape index (κ2) is 15.4. The number of carboxylic acids is 2. The van der Waals surface area contributed by atoms with Crippen LogP contribution in [0.15, 0.2) is 72.8 Å². The van der Waals surface area contributed by atoms with Gasteiger partial charge in [-0.25, -0.2) is 17.6 Å². The zero-order chi connectivity index (χ0) is 40.7. The Morgan fingerprint density at radius 1 is 0.625 bits per heavy atom. The number of fused-ring (bicyclic) bond motifs is 2. The maximum atomic E-state index is 15.2. The number of carbonyl (C=O) groups is 4. The summed E-state index contributed by atoms with van der Waals surface area (Å²) in [6.07, 6.45) is -0.185. The molecule has 4 aromatic carbocycles. The molecular formula is C42H36F4N2O8. The van der Waals surface area contributed by atoms with Gasteiger partial charge in [0.25, 0.3) is 11.8 Å². The SMILES string of the molecule is COc1cc2c(C(CCC(C)C(C(=O)O)c3c(C)n(C(=O)c4ccc(F)cc4)c4cc(F)c(OC)cc34)C(=O)O)c(C)n(C(=O)c3ccc(F)cc3)c2cc1F. The molecule has 0 aliphatic rings. The molecule has 6 aromatic rings. The first-order valence-corrected chi connectivity index (χ1v) is 17.4. The Balaban J connectivity index is 1.44. The van der Waals surface area contributed by atoms with Crippen LogP contribution in [-0.2, 0) is 9.59 Å². The van der Waals surface area contributed by atoms with E-state index in [1.165, 1.54) is 64.5 Å². The van der Waals surface area contributed by atoms with Crippen LogP contribution in [0.5, 0.6) is 11.5 Å². The Kier molecular flexibility index (Phi) is 10.8. The third-order valence-electron chi connectivity index (χ3n) is 10.3. The molecule has 0 aliphatic heterocycles. The van der Waals surface area contributed by atoms with Crippen LogP contribution in [-0.4, -0.2) is 57.3 Å². The molecule has 0 spiro atoms. The standard InChI is InChI=1S/C42H36F4N2O8/c1-20(36(42(53)54)38-22(3)48(40(50)24-9-13-26(44)14-10-24)33-19-31(46)35(56-5)17-29(33)38)6-15-27(41(51)52)37-21(2)47(39(49)23-7-11-25(43)12-8-23)32-18-30(45)34(55-4)16-28(32)37/h7-14,16-20,27,36H,6,15H2,1-5H3,(H,51,52)(H,53,54). The van der Waals surface area contributed by atoms with E-state index in [2.05, 4.69) is 0 Å². The summed E-state index contributed by atoms with van der Waals surface area (Å²) in [6.45, 7) is 4.62. The van der Waals surface area contributed by atoms with E-state index in [1.807, 2.05) is 0 Å². The van der Waals surface area contributed by atoms with Crippen molar-refractivity contribution in [3.05, 3.63) is 130 Å². The van der Waals surface area contributed by atoms with Crippen molar-refractivity contribution in [2.75, 3.05) is 14.2 Å². The van der Waals surface area contributed by atoms with Crippen molar-refractivity contribution in [2.45, 2.75) is 45.4 Å². The molecule has 3 unspecified atom stereocenters. The van der Waals surface area contributed by atoms with E-state index in [0.717, 1.165) is 45.5 Å². The van der Waals surface area contributed by atoms with Crippen molar-refractivity contribution in [3.63, 3.8) is 0 Å². The predicted octanol–water partition coefficient (Wildman–Crippen LogP) is 8.62. The molecule has 2 N–H and O–H groups in total. The second-order valence-electron chi connectivity index (χ2n) is 13.6. The van der Waals surface area contributed by atoms with Gasteiger partial charge < -0.3 is 19.7 Å². The lowest BCUT2D eigenvalue weighted by atomic mass is 9.80. The number of hydrogen-bond donors (Lipinski definition) is 2. The average Bonchev–Trinajstić information content (AvgIpc) is 3.58. The predicted molar refractivity (Wildman–Crippen MR) is 198 cm³/mol. The summed E-state index contributed by atoms with van der Waals surface area (Å²) in [7, 11) is 2.47. The van der Waals surface area contributed by atoms with Crippen LogP contribution in [0.4, 0.5) is 17.6 Å². The summed E-state index contributed by atoms with van der Waals surface area (Å²) in [5.41, 5.74) is 0.875. The van der Waals surface area contributed by atoms with Gasteiger partial charge in [-0.15, -0.1) is 0 Å². The highest BCUT2D eigenvalue weighted by atomic mass is 19.1. The van der Waals surface area contributed by atoms with Gasteiger partial charge >= 0.3 is 11.9 Å². The maximum Gasteiger partial charge on any atom is 0.311 e. The van der Waals surface area contributed by atoms with Gasteiger partial charge in [0, 0.05) is 45.4 Å². The van der Waals surface area contributed by atoms with Crippen LogP contribution in [0.25, 0.3) is 21.8 Å². The number of benzene rings is 4. The smallest absolute Gasteiger partial charge is 0.311 e. The normalized spacial score (nSPS) is 13.1. The molecule has 0 saturated heterocycles. The van der Waals surface area contributed by atoms with Gasteiger partial charge in [-0.2, -0.15) is 0 Å². The number of halogens is 4. The van der Waals surface area contributed by atoms with Crippen LogP contribution in [0.1, 0.15) is 74.8 Å². The van der Waals surface area contributed by atoms with Gasteiger partial charge in [0.1, 0.15) is 11.6 Å². The number of nitrogens with zero attached hydrogens (tertiary/aromatic N) is 2. The minimum atomic E-state index is -1.36. The Morgan fingerprint density at radius 3 is 1.43 bits per heavy atom. The summed E-state index contributed by atoms with van der Waals surface area (Å²) in [4.78, 5) is 53.9. The first kappa shape index (κ1) is 39.3. The van der Waals surface area contributed by atoms with E-state index in [4.69, 9.17) is 9.47 Å². The first-order chi connectivity index (χ1) is 26.6. The monoisotopic (exact) mass is 772 g/mol. The molecule has 0 amide bonds. The number of aromatic nitrogens is 2. The molecule has 2 heterocycles. The Hall–Kier alpha value is -6.44. The summed E-state index contributed by atoms with van der Waals surface area (Å²) >= 11 is 0. The molecule has 56 heavy (non-hydrogen) atoms. The van der Waals surface area contributed by atoms with Crippen LogP contribution < -0.4 is 9.47 Å². The van der Waals surface area contributed by atoms with Crippen molar-refractivity contribution in [2.24, 2.45) is 5.92 Å². The van der Waals surface area contributed by atoms with E-state index in [9.17, 15) is 38.2 Å². The lowest BCUT2D eigenvalue weighted by molar-refractivity contribution is -0.140. The molecule has 3 atom stereocenters. The molecule has 0 saturated carbocycles. The third-order valence-corrected chi connectivity index (χ3v) is 10.3. The summed E-state index contributed by atoms with van der Waals surface area (Å²) < 4.78 is 70.5. The highest BCUT2D eigenvalue weighted by Crippen LogP contribution is 2.43. The van der Waals surface area contributed by atoms with Gasteiger partial charge in [-0.3, -0.25) is 28.3 Å². The molecule has 14 heteroatoms. The van der Waals surface area contributed by atoms with Crippen molar-refractivity contribution >= 4 is 45.6 Å². The second-order valence-corrected chi connectivity index (χ2v) is 13.6. The summed E-state index contributed by atoms with van der Waals surface area (Å²) in [6, 6.07) is 14.1. The zero-order valence-corrected chi connectivity index (χ0v) is 30.8. The number of hydrogen-bond acceptors (Lipinski definition) is 6. The van der Waals surface area contributed by atoms with Gasteiger partial charge in [-0.05, 0) is 104 Å². The maximum absolute atomic E-state index is 15.2. The Labute approximate surface area is 317 Å². The lowest BCUT2D eigenvalue weighted by Gasteiger charge is -2.23. The molecule has 2 aromatic heterocycles. The van der Waals surface area contributed by atoms with Gasteiger partial charge in [-0.1, -0.05) is 6.92 Å². The van der Waals surface area contributed by atoms with E-state index >= 15 is 8.78 Å². The van der Waals surface area contributed by atoms with Crippen molar-refractivity contribution in [1.82, 2.24) is 9.13 Å². The fourth-order valence-electron chi connectivity index (χ4n) is 7.63. The van der Waals surface area contributed by atoms with E-state index < -0.39 is 64.8 Å². The fraction of sp³-hybridized carbons (Fsp3) is 0.238. The van der Waals surface area contributed by atoms with Crippen molar-refractivity contribution in [3.8, 4) is 11.5 Å². The lowest BCUT2D eigenvalue weighted by Crippen LogP contribution is -2.23. The zero-order valence-electron chi connectivity index (χ0n) is 30.8. The number of carbonyl (C=O) groups excluding carboxylic acids is 2.